The van der Waals surface area contributed by atoms with Gasteiger partial charge < -0.3 is 4.74 Å². The van der Waals surface area contributed by atoms with Gasteiger partial charge in [-0.25, -0.2) is 4.79 Å². The standard InChI is InChI=1S/C10H13NO2/c12-10(11-7-3-4-8-11)13-9-5-1-2-6-9/h3-4,7-9H,1-2,5-6H2. The molecule has 1 aliphatic carbocycles. The van der Waals surface area contributed by atoms with Gasteiger partial charge in [-0.1, -0.05) is 0 Å². The quantitative estimate of drug-likeness (QED) is 0.663. The van der Waals surface area contributed by atoms with Crippen LogP contribution in [0.25, 0.3) is 0 Å². The first-order valence-corrected chi connectivity index (χ1v) is 4.70. The van der Waals surface area contributed by atoms with E-state index in [9.17, 15) is 4.79 Å². The zero-order valence-corrected chi connectivity index (χ0v) is 7.48. The summed E-state index contributed by atoms with van der Waals surface area (Å²) in [5.41, 5.74) is 0. The fraction of sp³-hybridized carbons (Fsp3) is 0.500. The first-order valence-electron chi connectivity index (χ1n) is 4.70. The third-order valence-electron chi connectivity index (χ3n) is 2.38. The highest BCUT2D eigenvalue weighted by atomic mass is 16.6. The molecule has 1 aromatic heterocycles. The number of hydrogen-bond acceptors (Lipinski definition) is 2. The molecule has 1 saturated carbocycles. The summed E-state index contributed by atoms with van der Waals surface area (Å²) in [5.74, 6) is 0. The zero-order chi connectivity index (χ0) is 9.10. The van der Waals surface area contributed by atoms with E-state index in [1.54, 1.807) is 12.4 Å². The molecule has 3 heteroatoms. The number of aromatic nitrogens is 1. The van der Waals surface area contributed by atoms with E-state index < -0.39 is 0 Å². The van der Waals surface area contributed by atoms with E-state index in [-0.39, 0.29) is 12.2 Å². The third-order valence-corrected chi connectivity index (χ3v) is 2.38. The molecule has 0 aliphatic heterocycles. The highest BCUT2D eigenvalue weighted by molar-refractivity contribution is 5.70. The Balaban J connectivity index is 1.91. The van der Waals surface area contributed by atoms with Crippen LogP contribution < -0.4 is 0 Å². The first-order chi connectivity index (χ1) is 6.36. The van der Waals surface area contributed by atoms with E-state index in [1.807, 2.05) is 12.1 Å². The Kier molecular flexibility index (Phi) is 2.34. The van der Waals surface area contributed by atoms with Crippen molar-refractivity contribution in [1.29, 1.82) is 0 Å². The zero-order valence-electron chi connectivity index (χ0n) is 7.48. The molecule has 0 aromatic carbocycles. The van der Waals surface area contributed by atoms with Crippen LogP contribution in [0.3, 0.4) is 0 Å². The maximum Gasteiger partial charge on any atom is 0.418 e. The van der Waals surface area contributed by atoms with E-state index in [0.29, 0.717) is 0 Å². The van der Waals surface area contributed by atoms with Gasteiger partial charge in [0.2, 0.25) is 0 Å². The minimum Gasteiger partial charge on any atom is -0.446 e. The van der Waals surface area contributed by atoms with Crippen molar-refractivity contribution in [3.8, 4) is 0 Å². The van der Waals surface area contributed by atoms with Crippen molar-refractivity contribution in [3.63, 3.8) is 0 Å². The Morgan fingerprint density at radius 3 is 2.46 bits per heavy atom. The van der Waals surface area contributed by atoms with Crippen molar-refractivity contribution in [2.45, 2.75) is 31.8 Å². The fourth-order valence-corrected chi connectivity index (χ4v) is 1.67. The van der Waals surface area contributed by atoms with Crippen LogP contribution in [0.5, 0.6) is 0 Å². The highest BCUT2D eigenvalue weighted by Crippen LogP contribution is 2.21. The molecule has 70 valence electrons. The maximum absolute atomic E-state index is 11.4. The first kappa shape index (κ1) is 8.35. The van der Waals surface area contributed by atoms with Crippen LogP contribution in [-0.4, -0.2) is 16.8 Å². The summed E-state index contributed by atoms with van der Waals surface area (Å²) in [6.07, 6.45) is 7.72. The SMILES string of the molecule is O=C(OC1CCCC1)n1cccc1. The van der Waals surface area contributed by atoms with Crippen LogP contribution >= 0.6 is 0 Å². The van der Waals surface area contributed by atoms with E-state index in [4.69, 9.17) is 4.74 Å². The van der Waals surface area contributed by atoms with Crippen LogP contribution in [0.15, 0.2) is 24.5 Å². The molecule has 0 unspecified atom stereocenters. The summed E-state index contributed by atoms with van der Waals surface area (Å²) in [6.45, 7) is 0. The molecule has 3 nitrogen and oxygen atoms in total. The van der Waals surface area contributed by atoms with Gasteiger partial charge in [-0.2, -0.15) is 0 Å². The Bertz CT molecular complexity index is 273. The Morgan fingerprint density at radius 1 is 1.23 bits per heavy atom. The average molecular weight is 179 g/mol. The fourth-order valence-electron chi connectivity index (χ4n) is 1.67. The Hall–Kier alpha value is -1.25. The van der Waals surface area contributed by atoms with Crippen molar-refractivity contribution in [2.24, 2.45) is 0 Å². The Morgan fingerprint density at radius 2 is 1.85 bits per heavy atom. The molecule has 1 heterocycles. The predicted octanol–water partition coefficient (Wildman–Crippen LogP) is 2.42. The summed E-state index contributed by atoms with van der Waals surface area (Å²) >= 11 is 0. The smallest absolute Gasteiger partial charge is 0.418 e. The molecule has 2 rings (SSSR count). The van der Waals surface area contributed by atoms with Crippen molar-refractivity contribution in [1.82, 2.24) is 4.57 Å². The lowest BCUT2D eigenvalue weighted by molar-refractivity contribution is 0.102. The molecule has 1 aromatic rings. The monoisotopic (exact) mass is 179 g/mol. The molecule has 0 radical (unpaired) electrons. The summed E-state index contributed by atoms with van der Waals surface area (Å²) < 4.78 is 6.75. The predicted molar refractivity (Wildman–Crippen MR) is 48.6 cm³/mol. The lowest BCUT2D eigenvalue weighted by Crippen LogP contribution is -2.18. The third kappa shape index (κ3) is 1.91. The molecule has 0 atom stereocenters. The summed E-state index contributed by atoms with van der Waals surface area (Å²) in [7, 11) is 0. The second kappa shape index (κ2) is 3.64. The van der Waals surface area contributed by atoms with Gasteiger partial charge in [-0.3, -0.25) is 4.57 Å². The maximum atomic E-state index is 11.4. The molecule has 1 aliphatic rings. The molecule has 0 saturated heterocycles. The number of carbonyl (C=O) groups is 1. The van der Waals surface area contributed by atoms with E-state index in [1.165, 1.54) is 17.4 Å². The van der Waals surface area contributed by atoms with Crippen LogP contribution in [0.4, 0.5) is 4.79 Å². The number of nitrogens with zero attached hydrogens (tertiary/aromatic N) is 1. The van der Waals surface area contributed by atoms with Gasteiger partial charge in [-0.05, 0) is 37.8 Å². The molecule has 13 heavy (non-hydrogen) atoms. The van der Waals surface area contributed by atoms with Crippen molar-refractivity contribution >= 4 is 6.09 Å². The minimum absolute atomic E-state index is 0.148. The molecule has 0 spiro atoms. The number of ether oxygens (including phenoxy) is 1. The van der Waals surface area contributed by atoms with E-state index >= 15 is 0 Å². The molecule has 0 bridgehead atoms. The number of hydrogen-bond donors (Lipinski definition) is 0. The van der Waals surface area contributed by atoms with Crippen LogP contribution in [0.1, 0.15) is 25.7 Å². The molecule has 0 amide bonds. The van der Waals surface area contributed by atoms with Crippen LogP contribution in [-0.2, 0) is 4.74 Å². The lowest BCUT2D eigenvalue weighted by Gasteiger charge is -2.10. The van der Waals surface area contributed by atoms with Gasteiger partial charge >= 0.3 is 6.09 Å². The highest BCUT2D eigenvalue weighted by Gasteiger charge is 2.19. The summed E-state index contributed by atoms with van der Waals surface area (Å²) in [4.78, 5) is 11.4. The van der Waals surface area contributed by atoms with Gasteiger partial charge in [0.25, 0.3) is 0 Å². The second-order valence-electron chi connectivity index (χ2n) is 3.38. The largest absolute Gasteiger partial charge is 0.446 e. The van der Waals surface area contributed by atoms with Gasteiger partial charge in [0.05, 0.1) is 0 Å². The molecular formula is C10H13NO2. The topological polar surface area (TPSA) is 31.2 Å². The molecular weight excluding hydrogens is 166 g/mol. The van der Waals surface area contributed by atoms with Crippen molar-refractivity contribution < 1.29 is 9.53 Å². The van der Waals surface area contributed by atoms with Crippen LogP contribution in [0, 0.1) is 0 Å². The number of carbonyl (C=O) groups excluding carboxylic acids is 1. The average Bonchev–Trinajstić information content (AvgIpc) is 2.74. The van der Waals surface area contributed by atoms with Crippen LogP contribution in [0.2, 0.25) is 0 Å². The molecule has 0 N–H and O–H groups in total. The summed E-state index contributed by atoms with van der Waals surface area (Å²) in [6, 6.07) is 3.63. The van der Waals surface area contributed by atoms with Gasteiger partial charge in [-0.15, -0.1) is 0 Å². The second-order valence-corrected chi connectivity index (χ2v) is 3.38. The normalized spacial score (nSPS) is 17.5. The van der Waals surface area contributed by atoms with E-state index in [0.717, 1.165) is 12.8 Å². The Labute approximate surface area is 77.3 Å². The van der Waals surface area contributed by atoms with Gasteiger partial charge in [0.15, 0.2) is 0 Å². The van der Waals surface area contributed by atoms with Crippen molar-refractivity contribution in [2.75, 3.05) is 0 Å². The number of rotatable bonds is 1. The molecule has 1 fully saturated rings. The van der Waals surface area contributed by atoms with E-state index in [2.05, 4.69) is 0 Å². The van der Waals surface area contributed by atoms with Gasteiger partial charge in [0.1, 0.15) is 6.10 Å². The summed E-state index contributed by atoms with van der Waals surface area (Å²) in [5, 5.41) is 0. The van der Waals surface area contributed by atoms with Gasteiger partial charge in [0, 0.05) is 12.4 Å². The lowest BCUT2D eigenvalue weighted by atomic mass is 10.3. The van der Waals surface area contributed by atoms with Crippen molar-refractivity contribution in [3.05, 3.63) is 24.5 Å². The minimum atomic E-state index is -0.253.